The molecule has 0 spiro atoms. The highest BCUT2D eigenvalue weighted by atomic mass is 15.3. The molecule has 7 aromatic rings. The molecule has 166 valence electrons. The largest absolute Gasteiger partial charge is 0.292 e. The fraction of sp³-hybridized carbons (Fsp3) is 0.0323. The van der Waals surface area contributed by atoms with Crippen molar-refractivity contribution in [3.05, 3.63) is 121 Å². The van der Waals surface area contributed by atoms with Crippen molar-refractivity contribution in [1.29, 1.82) is 0 Å². The van der Waals surface area contributed by atoms with Gasteiger partial charge < -0.3 is 0 Å². The Labute approximate surface area is 202 Å². The van der Waals surface area contributed by atoms with Gasteiger partial charge in [-0.1, -0.05) is 84.9 Å². The number of pyridine rings is 1. The van der Waals surface area contributed by atoms with Crippen LogP contribution in [0.15, 0.2) is 115 Å². The summed E-state index contributed by atoms with van der Waals surface area (Å²) in [6.07, 6.45) is 0. The summed E-state index contributed by atoms with van der Waals surface area (Å²) in [6.45, 7) is 2.07. The van der Waals surface area contributed by atoms with Gasteiger partial charge in [0.15, 0.2) is 0 Å². The van der Waals surface area contributed by atoms with Gasteiger partial charge in [-0.2, -0.15) is 5.10 Å². The van der Waals surface area contributed by atoms with Gasteiger partial charge in [0.05, 0.1) is 39.0 Å². The van der Waals surface area contributed by atoms with Gasteiger partial charge in [0.2, 0.25) is 0 Å². The standard InChI is InChI=1S/C31H22N4/c1-21-30-29(35(33-21)25-15-9-4-10-16-25)20-27(23-13-7-3-8-14-23)34-28-19-24(22-11-5-2-6-12-22)17-18-26(28)32-31(30)34/h2-20H,1H3. The predicted octanol–water partition coefficient (Wildman–Crippen LogP) is 7.47. The maximum Gasteiger partial charge on any atom is 0.149 e. The summed E-state index contributed by atoms with van der Waals surface area (Å²) in [5.41, 5.74) is 10.7. The number of aromatic nitrogens is 4. The Morgan fingerprint density at radius 2 is 1.26 bits per heavy atom. The second-order valence-electron chi connectivity index (χ2n) is 8.83. The molecule has 0 fully saturated rings. The van der Waals surface area contributed by atoms with Crippen molar-refractivity contribution in [2.75, 3.05) is 0 Å². The molecule has 0 N–H and O–H groups in total. The second-order valence-corrected chi connectivity index (χ2v) is 8.83. The molecule has 7 rings (SSSR count). The highest BCUT2D eigenvalue weighted by Gasteiger charge is 2.20. The lowest BCUT2D eigenvalue weighted by atomic mass is 10.0. The molecule has 0 saturated carbocycles. The summed E-state index contributed by atoms with van der Waals surface area (Å²) in [4.78, 5) is 5.14. The zero-order chi connectivity index (χ0) is 23.4. The van der Waals surface area contributed by atoms with Crippen LogP contribution in [-0.4, -0.2) is 19.2 Å². The molecule has 0 amide bonds. The van der Waals surface area contributed by atoms with Crippen molar-refractivity contribution in [2.24, 2.45) is 0 Å². The van der Waals surface area contributed by atoms with Crippen molar-refractivity contribution in [3.63, 3.8) is 0 Å². The molecule has 3 heterocycles. The third-order valence-electron chi connectivity index (χ3n) is 6.67. The summed E-state index contributed by atoms with van der Waals surface area (Å²) in [7, 11) is 0. The van der Waals surface area contributed by atoms with E-state index in [-0.39, 0.29) is 0 Å². The van der Waals surface area contributed by atoms with Crippen LogP contribution in [-0.2, 0) is 0 Å². The van der Waals surface area contributed by atoms with Crippen LogP contribution in [0.4, 0.5) is 0 Å². The van der Waals surface area contributed by atoms with Gasteiger partial charge in [-0.25, -0.2) is 9.67 Å². The van der Waals surface area contributed by atoms with Gasteiger partial charge in [-0.3, -0.25) is 4.40 Å². The SMILES string of the molecule is Cc1nn(-c2ccccc2)c2cc(-c3ccccc3)n3c4cc(-c5ccccc5)ccc4nc3c12. The number of benzene rings is 4. The first-order chi connectivity index (χ1) is 17.3. The molecule has 35 heavy (non-hydrogen) atoms. The summed E-state index contributed by atoms with van der Waals surface area (Å²) < 4.78 is 4.33. The number of fused-ring (bicyclic) bond motifs is 5. The lowest BCUT2D eigenvalue weighted by molar-refractivity contribution is 0.889. The maximum absolute atomic E-state index is 5.14. The molecule has 0 aliphatic heterocycles. The third-order valence-corrected chi connectivity index (χ3v) is 6.67. The van der Waals surface area contributed by atoms with E-state index in [0.717, 1.165) is 50.2 Å². The second kappa shape index (κ2) is 7.67. The van der Waals surface area contributed by atoms with Gasteiger partial charge in [0.25, 0.3) is 0 Å². The minimum Gasteiger partial charge on any atom is -0.292 e. The highest BCUT2D eigenvalue weighted by Crippen LogP contribution is 2.35. The quantitative estimate of drug-likeness (QED) is 0.280. The van der Waals surface area contributed by atoms with Gasteiger partial charge in [-0.15, -0.1) is 0 Å². The molecule has 0 atom stereocenters. The first kappa shape index (κ1) is 19.7. The van der Waals surface area contributed by atoms with Crippen LogP contribution in [0.3, 0.4) is 0 Å². The molecule has 0 bridgehead atoms. The number of rotatable bonds is 3. The summed E-state index contributed by atoms with van der Waals surface area (Å²) in [5, 5.41) is 6.02. The summed E-state index contributed by atoms with van der Waals surface area (Å²) in [5.74, 6) is 0. The zero-order valence-corrected chi connectivity index (χ0v) is 19.3. The fourth-order valence-corrected chi connectivity index (χ4v) is 5.03. The van der Waals surface area contributed by atoms with Crippen LogP contribution < -0.4 is 0 Å². The number of hydrogen-bond donors (Lipinski definition) is 0. The molecular formula is C31H22N4. The van der Waals surface area contributed by atoms with Gasteiger partial charge in [-0.05, 0) is 53.9 Å². The van der Waals surface area contributed by atoms with Crippen LogP contribution in [0.2, 0.25) is 0 Å². The molecule has 0 aliphatic rings. The summed E-state index contributed by atoms with van der Waals surface area (Å²) >= 11 is 0. The van der Waals surface area contributed by atoms with Crippen molar-refractivity contribution < 1.29 is 0 Å². The van der Waals surface area contributed by atoms with E-state index in [1.807, 2.05) is 28.9 Å². The monoisotopic (exact) mass is 450 g/mol. The number of para-hydroxylation sites is 1. The van der Waals surface area contributed by atoms with Crippen LogP contribution in [0.5, 0.6) is 0 Å². The topological polar surface area (TPSA) is 35.1 Å². The number of imidazole rings is 1. The van der Waals surface area contributed by atoms with E-state index in [9.17, 15) is 0 Å². The van der Waals surface area contributed by atoms with Gasteiger partial charge in [0.1, 0.15) is 5.65 Å². The minimum absolute atomic E-state index is 0.932. The Bertz CT molecular complexity index is 1830. The van der Waals surface area contributed by atoms with E-state index in [4.69, 9.17) is 10.1 Å². The van der Waals surface area contributed by atoms with E-state index in [2.05, 4.69) is 102 Å². The maximum atomic E-state index is 5.14. The van der Waals surface area contributed by atoms with E-state index < -0.39 is 0 Å². The Balaban J connectivity index is 1.62. The normalized spacial score (nSPS) is 11.6. The first-order valence-electron chi connectivity index (χ1n) is 11.8. The molecule has 0 unspecified atom stereocenters. The van der Waals surface area contributed by atoms with Crippen LogP contribution >= 0.6 is 0 Å². The van der Waals surface area contributed by atoms with Crippen molar-refractivity contribution in [2.45, 2.75) is 6.92 Å². The molecule has 4 nitrogen and oxygen atoms in total. The average molecular weight is 451 g/mol. The first-order valence-corrected chi connectivity index (χ1v) is 11.8. The Morgan fingerprint density at radius 3 is 1.97 bits per heavy atom. The van der Waals surface area contributed by atoms with Gasteiger partial charge >= 0.3 is 0 Å². The fourth-order valence-electron chi connectivity index (χ4n) is 5.03. The lowest BCUT2D eigenvalue weighted by Crippen LogP contribution is -1.98. The van der Waals surface area contributed by atoms with E-state index >= 15 is 0 Å². The predicted molar refractivity (Wildman–Crippen MR) is 143 cm³/mol. The minimum atomic E-state index is 0.932. The molecule has 4 aromatic carbocycles. The highest BCUT2D eigenvalue weighted by molar-refractivity contribution is 6.02. The Kier molecular flexibility index (Phi) is 4.33. The van der Waals surface area contributed by atoms with Crippen LogP contribution in [0, 0.1) is 6.92 Å². The van der Waals surface area contributed by atoms with Crippen LogP contribution in [0.1, 0.15) is 5.69 Å². The van der Waals surface area contributed by atoms with E-state index in [1.165, 1.54) is 11.1 Å². The van der Waals surface area contributed by atoms with E-state index in [1.54, 1.807) is 0 Å². The molecular weight excluding hydrogens is 428 g/mol. The zero-order valence-electron chi connectivity index (χ0n) is 19.3. The third kappa shape index (κ3) is 3.07. The molecule has 0 aliphatic carbocycles. The van der Waals surface area contributed by atoms with Crippen molar-refractivity contribution >= 4 is 27.6 Å². The molecule has 4 heteroatoms. The smallest absolute Gasteiger partial charge is 0.149 e. The number of hydrogen-bond acceptors (Lipinski definition) is 2. The number of nitrogens with zero attached hydrogens (tertiary/aromatic N) is 4. The van der Waals surface area contributed by atoms with Crippen molar-refractivity contribution in [1.82, 2.24) is 19.2 Å². The lowest BCUT2D eigenvalue weighted by Gasteiger charge is -2.11. The molecule has 3 aromatic heterocycles. The molecule has 0 radical (unpaired) electrons. The van der Waals surface area contributed by atoms with Crippen molar-refractivity contribution in [3.8, 4) is 28.1 Å². The van der Waals surface area contributed by atoms with Crippen LogP contribution in [0.25, 0.3) is 55.7 Å². The van der Waals surface area contributed by atoms with E-state index in [0.29, 0.717) is 0 Å². The number of aryl methyl sites for hydroxylation is 1. The Morgan fingerprint density at radius 1 is 0.600 bits per heavy atom. The Hall–Kier alpha value is -4.70. The van der Waals surface area contributed by atoms with Gasteiger partial charge in [0, 0.05) is 0 Å². The molecule has 0 saturated heterocycles. The summed E-state index contributed by atoms with van der Waals surface area (Å²) in [6, 6.07) is 40.1. The average Bonchev–Trinajstić information content (AvgIpc) is 3.47.